The van der Waals surface area contributed by atoms with Gasteiger partial charge >= 0.3 is 0 Å². The van der Waals surface area contributed by atoms with E-state index in [2.05, 4.69) is 30.4 Å². The number of anilines is 1. The van der Waals surface area contributed by atoms with Crippen LogP contribution in [0.1, 0.15) is 5.69 Å². The van der Waals surface area contributed by atoms with Gasteiger partial charge in [-0.3, -0.25) is 4.68 Å². The minimum atomic E-state index is 0.640. The van der Waals surface area contributed by atoms with Crippen molar-refractivity contribution in [2.75, 3.05) is 5.32 Å². The van der Waals surface area contributed by atoms with Crippen molar-refractivity contribution in [2.24, 2.45) is 7.05 Å². The van der Waals surface area contributed by atoms with Crippen molar-refractivity contribution in [3.8, 4) is 0 Å². The van der Waals surface area contributed by atoms with Crippen LogP contribution in [0.2, 0.25) is 0 Å². The second kappa shape index (κ2) is 3.85. The Kier molecular flexibility index (Phi) is 2.21. The van der Waals surface area contributed by atoms with E-state index in [9.17, 15) is 0 Å². The maximum atomic E-state index is 4.21. The number of rotatable bonds is 3. The van der Waals surface area contributed by atoms with E-state index in [0.29, 0.717) is 6.54 Å². The fourth-order valence-electron chi connectivity index (χ4n) is 1.66. The van der Waals surface area contributed by atoms with E-state index in [1.807, 2.05) is 7.05 Å². The lowest BCUT2D eigenvalue weighted by molar-refractivity contribution is 0.785. The number of aromatic nitrogens is 6. The Bertz CT molecular complexity index is 625. The van der Waals surface area contributed by atoms with Gasteiger partial charge in [0.2, 0.25) is 0 Å². The Labute approximate surface area is 96.9 Å². The molecule has 3 aromatic heterocycles. The van der Waals surface area contributed by atoms with Gasteiger partial charge in [0.15, 0.2) is 5.65 Å². The van der Waals surface area contributed by atoms with E-state index in [1.165, 1.54) is 6.33 Å². The molecular weight excluding hydrogens is 218 g/mol. The van der Waals surface area contributed by atoms with Crippen molar-refractivity contribution in [1.82, 2.24) is 29.7 Å². The number of imidazole rings is 1. The van der Waals surface area contributed by atoms with Crippen LogP contribution in [0.3, 0.4) is 0 Å². The molecule has 17 heavy (non-hydrogen) atoms. The lowest BCUT2D eigenvalue weighted by Crippen LogP contribution is -2.02. The summed E-state index contributed by atoms with van der Waals surface area (Å²) in [6.45, 7) is 0.640. The summed E-state index contributed by atoms with van der Waals surface area (Å²) in [6.07, 6.45) is 6.70. The van der Waals surface area contributed by atoms with Crippen molar-refractivity contribution in [2.45, 2.75) is 6.54 Å². The Morgan fingerprint density at radius 3 is 3.12 bits per heavy atom. The van der Waals surface area contributed by atoms with Crippen LogP contribution in [0.15, 0.2) is 25.0 Å². The quantitative estimate of drug-likeness (QED) is 0.690. The molecule has 86 valence electrons. The minimum absolute atomic E-state index is 0.640. The van der Waals surface area contributed by atoms with Crippen LogP contribution in [0.25, 0.3) is 11.0 Å². The van der Waals surface area contributed by atoms with Crippen molar-refractivity contribution >= 4 is 16.9 Å². The third-order valence-electron chi connectivity index (χ3n) is 2.53. The average Bonchev–Trinajstić information content (AvgIpc) is 2.97. The molecule has 0 bridgehead atoms. The summed E-state index contributed by atoms with van der Waals surface area (Å²) in [5, 5.41) is 8.29. The summed E-state index contributed by atoms with van der Waals surface area (Å²) in [5.41, 5.74) is 1.81. The Morgan fingerprint density at radius 1 is 1.35 bits per heavy atom. The highest BCUT2D eigenvalue weighted by Gasteiger charge is 2.07. The van der Waals surface area contributed by atoms with E-state index in [0.717, 1.165) is 22.5 Å². The smallest absolute Gasteiger partial charge is 0.163 e. The van der Waals surface area contributed by atoms with E-state index in [4.69, 9.17) is 0 Å². The van der Waals surface area contributed by atoms with Crippen LogP contribution in [0.4, 0.5) is 5.82 Å². The van der Waals surface area contributed by atoms with Gasteiger partial charge in [0.05, 0.1) is 30.1 Å². The fraction of sp³-hybridized carbons (Fsp3) is 0.200. The maximum absolute atomic E-state index is 4.21. The summed E-state index contributed by atoms with van der Waals surface area (Å²) in [7, 11) is 1.86. The van der Waals surface area contributed by atoms with Gasteiger partial charge in [-0.1, -0.05) is 0 Å². The molecule has 0 aliphatic carbocycles. The zero-order valence-corrected chi connectivity index (χ0v) is 9.25. The first-order valence-corrected chi connectivity index (χ1v) is 5.18. The molecule has 0 aliphatic heterocycles. The Morgan fingerprint density at radius 2 is 2.29 bits per heavy atom. The summed E-state index contributed by atoms with van der Waals surface area (Å²) >= 11 is 0. The molecule has 0 aliphatic rings. The first-order chi connectivity index (χ1) is 8.34. The monoisotopic (exact) mass is 229 g/mol. The molecule has 0 atom stereocenters. The number of hydrogen-bond donors (Lipinski definition) is 2. The van der Waals surface area contributed by atoms with Gasteiger partial charge < -0.3 is 10.3 Å². The van der Waals surface area contributed by atoms with Crippen molar-refractivity contribution in [3.05, 3.63) is 30.7 Å². The highest BCUT2D eigenvalue weighted by Crippen LogP contribution is 2.17. The van der Waals surface area contributed by atoms with Gasteiger partial charge in [0, 0.05) is 13.2 Å². The molecule has 7 nitrogen and oxygen atoms in total. The topological polar surface area (TPSA) is 84.3 Å². The molecule has 7 heteroatoms. The predicted molar refractivity (Wildman–Crippen MR) is 62.2 cm³/mol. The second-order valence-corrected chi connectivity index (χ2v) is 3.66. The van der Waals surface area contributed by atoms with Crippen LogP contribution in [-0.2, 0) is 13.6 Å². The van der Waals surface area contributed by atoms with Gasteiger partial charge in [-0.2, -0.15) is 5.10 Å². The summed E-state index contributed by atoms with van der Waals surface area (Å²) < 4.78 is 1.72. The normalized spacial score (nSPS) is 10.9. The average molecular weight is 229 g/mol. The zero-order valence-electron chi connectivity index (χ0n) is 9.25. The third kappa shape index (κ3) is 1.71. The molecule has 0 saturated heterocycles. The van der Waals surface area contributed by atoms with Crippen LogP contribution in [-0.4, -0.2) is 29.7 Å². The van der Waals surface area contributed by atoms with Crippen molar-refractivity contribution in [3.63, 3.8) is 0 Å². The molecule has 3 aromatic rings. The highest BCUT2D eigenvalue weighted by molar-refractivity contribution is 5.85. The Balaban J connectivity index is 1.90. The first-order valence-electron chi connectivity index (χ1n) is 5.18. The van der Waals surface area contributed by atoms with Gasteiger partial charge in [-0.25, -0.2) is 15.0 Å². The maximum Gasteiger partial charge on any atom is 0.163 e. The first kappa shape index (κ1) is 9.76. The second-order valence-electron chi connectivity index (χ2n) is 3.66. The number of hydrogen-bond acceptors (Lipinski definition) is 5. The predicted octanol–water partition coefficient (Wildman–Crippen LogP) is 0.698. The van der Waals surface area contributed by atoms with E-state index >= 15 is 0 Å². The summed E-state index contributed by atoms with van der Waals surface area (Å²) in [4.78, 5) is 15.4. The molecule has 0 unspecified atom stereocenters. The van der Waals surface area contributed by atoms with Crippen LogP contribution < -0.4 is 5.32 Å². The lowest BCUT2D eigenvalue weighted by atomic mass is 10.4. The molecule has 0 spiro atoms. The number of aryl methyl sites for hydroxylation is 1. The molecule has 0 fully saturated rings. The minimum Gasteiger partial charge on any atom is -0.364 e. The Hall–Kier alpha value is -2.44. The van der Waals surface area contributed by atoms with Crippen molar-refractivity contribution in [1.29, 1.82) is 0 Å². The molecule has 0 radical (unpaired) electrons. The summed E-state index contributed by atoms with van der Waals surface area (Å²) in [5.74, 6) is 0.776. The molecule has 3 rings (SSSR count). The molecule has 2 N–H and O–H groups in total. The third-order valence-corrected chi connectivity index (χ3v) is 2.53. The largest absolute Gasteiger partial charge is 0.364 e. The fourth-order valence-corrected chi connectivity index (χ4v) is 1.66. The SMILES string of the molecule is Cn1ncc2c(NCc3cnc[nH]3)ncnc21. The number of nitrogens with zero attached hydrogens (tertiary/aromatic N) is 5. The van der Waals surface area contributed by atoms with Gasteiger partial charge in [-0.15, -0.1) is 0 Å². The van der Waals surface area contributed by atoms with Crippen LogP contribution in [0.5, 0.6) is 0 Å². The van der Waals surface area contributed by atoms with Crippen LogP contribution in [0, 0.1) is 0 Å². The number of fused-ring (bicyclic) bond motifs is 1. The highest BCUT2D eigenvalue weighted by atomic mass is 15.3. The van der Waals surface area contributed by atoms with Gasteiger partial charge in [0.1, 0.15) is 12.1 Å². The van der Waals surface area contributed by atoms with Crippen LogP contribution >= 0.6 is 0 Å². The number of nitrogens with one attached hydrogen (secondary N) is 2. The van der Waals surface area contributed by atoms with E-state index in [1.54, 1.807) is 23.4 Å². The van der Waals surface area contributed by atoms with Crippen molar-refractivity contribution < 1.29 is 0 Å². The standard InChI is InChI=1S/C10H11N7/c1-17-10-8(4-16-17)9(14-6-15-10)12-3-7-2-11-5-13-7/h2,4-6H,3H2,1H3,(H,11,13)(H,12,14,15). The molecule has 0 saturated carbocycles. The molecule has 0 amide bonds. The number of aromatic amines is 1. The summed E-state index contributed by atoms with van der Waals surface area (Å²) in [6, 6.07) is 0. The number of H-pyrrole nitrogens is 1. The molecule has 3 heterocycles. The molecular formula is C10H11N7. The van der Waals surface area contributed by atoms with Gasteiger partial charge in [0.25, 0.3) is 0 Å². The zero-order chi connectivity index (χ0) is 11.7. The molecule has 0 aromatic carbocycles. The van der Waals surface area contributed by atoms with Gasteiger partial charge in [-0.05, 0) is 0 Å². The lowest BCUT2D eigenvalue weighted by Gasteiger charge is -2.04. The van der Waals surface area contributed by atoms with E-state index in [-0.39, 0.29) is 0 Å². The van der Waals surface area contributed by atoms with E-state index < -0.39 is 0 Å².